The second kappa shape index (κ2) is 6.76. The third-order valence-corrected chi connectivity index (χ3v) is 6.69. The second-order valence-electron chi connectivity index (χ2n) is 6.26. The van der Waals surface area contributed by atoms with Crippen LogP contribution in [0.5, 0.6) is 0 Å². The Bertz CT molecular complexity index is 705. The van der Waals surface area contributed by atoms with Crippen molar-refractivity contribution >= 4 is 15.9 Å². The minimum Gasteiger partial charge on any atom is -0.342 e. The summed E-state index contributed by atoms with van der Waals surface area (Å²) in [5.41, 5.74) is 0. The molecule has 0 aromatic heterocycles. The first-order chi connectivity index (χ1) is 11.4. The summed E-state index contributed by atoms with van der Waals surface area (Å²) in [6.07, 6.45) is 2.77. The van der Waals surface area contributed by atoms with Crippen LogP contribution in [0.25, 0.3) is 0 Å². The molecular weight excluding hydrogens is 338 g/mol. The van der Waals surface area contributed by atoms with Gasteiger partial charge in [-0.25, -0.2) is 17.2 Å². The van der Waals surface area contributed by atoms with Crippen molar-refractivity contribution < 1.29 is 22.0 Å². The Balaban J connectivity index is 1.71. The molecule has 3 rings (SSSR count). The normalized spacial score (nSPS) is 20.5. The predicted molar refractivity (Wildman–Crippen MR) is 83.7 cm³/mol. The number of piperidine rings is 1. The lowest BCUT2D eigenvalue weighted by atomic mass is 9.97. The molecule has 5 nitrogen and oxygen atoms in total. The van der Waals surface area contributed by atoms with E-state index in [-0.39, 0.29) is 24.9 Å². The van der Waals surface area contributed by atoms with Gasteiger partial charge in [0.1, 0.15) is 11.6 Å². The van der Waals surface area contributed by atoms with Gasteiger partial charge in [0.15, 0.2) is 4.90 Å². The second-order valence-corrected chi connectivity index (χ2v) is 8.14. The molecule has 2 aliphatic rings. The highest BCUT2D eigenvalue weighted by Crippen LogP contribution is 2.28. The maximum Gasteiger partial charge on any atom is 0.248 e. The lowest BCUT2D eigenvalue weighted by molar-refractivity contribution is -0.135. The largest absolute Gasteiger partial charge is 0.342 e. The minimum absolute atomic E-state index is 0.0709. The maximum absolute atomic E-state index is 13.8. The Morgan fingerprint density at radius 1 is 1.00 bits per heavy atom. The molecule has 2 heterocycles. The molecule has 24 heavy (non-hydrogen) atoms. The van der Waals surface area contributed by atoms with Crippen LogP contribution in [-0.2, 0) is 14.8 Å². The van der Waals surface area contributed by atoms with E-state index in [4.69, 9.17) is 0 Å². The average molecular weight is 358 g/mol. The predicted octanol–water partition coefficient (Wildman–Crippen LogP) is 1.99. The molecule has 1 aromatic rings. The van der Waals surface area contributed by atoms with Gasteiger partial charge in [-0.3, -0.25) is 4.79 Å². The molecule has 2 aliphatic heterocycles. The average Bonchev–Trinajstić information content (AvgIpc) is 3.08. The number of rotatable bonds is 3. The zero-order valence-electron chi connectivity index (χ0n) is 13.2. The van der Waals surface area contributed by atoms with Crippen molar-refractivity contribution in [2.24, 2.45) is 5.92 Å². The first-order valence-electron chi connectivity index (χ1n) is 8.14. The SMILES string of the molecule is O=C(C1CCN(S(=O)(=O)c2c(F)cccc2F)CC1)N1CCCC1. The summed E-state index contributed by atoms with van der Waals surface area (Å²) in [5, 5.41) is 0. The molecule has 2 fully saturated rings. The van der Waals surface area contributed by atoms with Gasteiger partial charge in [0.05, 0.1) is 0 Å². The molecule has 132 valence electrons. The van der Waals surface area contributed by atoms with Crippen LogP contribution in [-0.4, -0.2) is 49.7 Å². The van der Waals surface area contributed by atoms with Crippen LogP contribution in [0.3, 0.4) is 0 Å². The molecule has 0 N–H and O–H groups in total. The highest BCUT2D eigenvalue weighted by Gasteiger charge is 2.36. The van der Waals surface area contributed by atoms with Crippen molar-refractivity contribution in [2.75, 3.05) is 26.2 Å². The number of hydrogen-bond donors (Lipinski definition) is 0. The summed E-state index contributed by atoms with van der Waals surface area (Å²) >= 11 is 0. The lowest BCUT2D eigenvalue weighted by Gasteiger charge is -2.32. The quantitative estimate of drug-likeness (QED) is 0.830. The zero-order valence-corrected chi connectivity index (χ0v) is 14.1. The fraction of sp³-hybridized carbons (Fsp3) is 0.562. The Labute approximate surface area is 140 Å². The van der Waals surface area contributed by atoms with E-state index in [1.54, 1.807) is 0 Å². The number of hydrogen-bond acceptors (Lipinski definition) is 3. The molecule has 8 heteroatoms. The number of halogens is 2. The first kappa shape index (κ1) is 17.3. The highest BCUT2D eigenvalue weighted by atomic mass is 32.2. The van der Waals surface area contributed by atoms with E-state index in [0.717, 1.165) is 48.4 Å². The molecule has 1 aromatic carbocycles. The summed E-state index contributed by atoms with van der Waals surface area (Å²) in [4.78, 5) is 13.3. The number of amides is 1. The Morgan fingerprint density at radius 2 is 1.54 bits per heavy atom. The summed E-state index contributed by atoms with van der Waals surface area (Å²) in [6, 6.07) is 2.99. The van der Waals surface area contributed by atoms with Gasteiger partial charge in [0, 0.05) is 32.1 Å². The van der Waals surface area contributed by atoms with E-state index in [0.29, 0.717) is 12.8 Å². The Morgan fingerprint density at radius 3 is 2.08 bits per heavy atom. The molecular formula is C16H20F2N2O3S. The molecule has 0 aliphatic carbocycles. The third kappa shape index (κ3) is 3.17. The monoisotopic (exact) mass is 358 g/mol. The van der Waals surface area contributed by atoms with Crippen molar-refractivity contribution in [3.05, 3.63) is 29.8 Å². The third-order valence-electron chi connectivity index (χ3n) is 4.74. The zero-order chi connectivity index (χ0) is 17.3. The number of likely N-dealkylation sites (tertiary alicyclic amines) is 1. The topological polar surface area (TPSA) is 57.7 Å². The molecule has 0 unspecified atom stereocenters. The van der Waals surface area contributed by atoms with Crippen molar-refractivity contribution in [1.29, 1.82) is 0 Å². The van der Waals surface area contributed by atoms with Crippen LogP contribution in [0.1, 0.15) is 25.7 Å². The first-order valence-corrected chi connectivity index (χ1v) is 9.58. The molecule has 0 spiro atoms. The number of benzene rings is 1. The van der Waals surface area contributed by atoms with Gasteiger partial charge in [-0.15, -0.1) is 0 Å². The number of carbonyl (C=O) groups excluding carboxylic acids is 1. The van der Waals surface area contributed by atoms with E-state index in [1.807, 2.05) is 4.90 Å². The Kier molecular flexibility index (Phi) is 4.87. The molecule has 2 saturated heterocycles. The summed E-state index contributed by atoms with van der Waals surface area (Å²) in [6.45, 7) is 1.72. The minimum atomic E-state index is -4.23. The van der Waals surface area contributed by atoms with Crippen LogP contribution in [0.15, 0.2) is 23.1 Å². The van der Waals surface area contributed by atoms with Gasteiger partial charge in [-0.2, -0.15) is 4.31 Å². The smallest absolute Gasteiger partial charge is 0.248 e. The van der Waals surface area contributed by atoms with Crippen LogP contribution in [0, 0.1) is 17.6 Å². The van der Waals surface area contributed by atoms with Crippen molar-refractivity contribution in [3.8, 4) is 0 Å². The van der Waals surface area contributed by atoms with E-state index in [2.05, 4.69) is 0 Å². The van der Waals surface area contributed by atoms with Crippen LogP contribution in [0.4, 0.5) is 8.78 Å². The van der Waals surface area contributed by atoms with Gasteiger partial charge in [-0.05, 0) is 37.8 Å². The van der Waals surface area contributed by atoms with Gasteiger partial charge in [0.2, 0.25) is 15.9 Å². The van der Waals surface area contributed by atoms with E-state index >= 15 is 0 Å². The van der Waals surface area contributed by atoms with E-state index in [1.165, 1.54) is 0 Å². The van der Waals surface area contributed by atoms with Crippen molar-refractivity contribution in [2.45, 2.75) is 30.6 Å². The number of carbonyl (C=O) groups is 1. The van der Waals surface area contributed by atoms with E-state index < -0.39 is 26.6 Å². The van der Waals surface area contributed by atoms with Gasteiger partial charge in [-0.1, -0.05) is 6.07 Å². The van der Waals surface area contributed by atoms with Crippen LogP contribution in [0.2, 0.25) is 0 Å². The lowest BCUT2D eigenvalue weighted by Crippen LogP contribution is -2.44. The van der Waals surface area contributed by atoms with Gasteiger partial charge in [0.25, 0.3) is 0 Å². The van der Waals surface area contributed by atoms with Gasteiger partial charge >= 0.3 is 0 Å². The molecule has 0 atom stereocenters. The maximum atomic E-state index is 13.8. The van der Waals surface area contributed by atoms with Crippen LogP contribution >= 0.6 is 0 Å². The molecule has 0 saturated carbocycles. The van der Waals surface area contributed by atoms with Gasteiger partial charge < -0.3 is 4.90 Å². The highest BCUT2D eigenvalue weighted by molar-refractivity contribution is 7.89. The Hall–Kier alpha value is -1.54. The molecule has 0 bridgehead atoms. The summed E-state index contributed by atoms with van der Waals surface area (Å²) in [5.74, 6) is -2.32. The summed E-state index contributed by atoms with van der Waals surface area (Å²) < 4.78 is 53.7. The fourth-order valence-electron chi connectivity index (χ4n) is 3.40. The number of sulfonamides is 1. The number of nitrogens with zero attached hydrogens (tertiary/aromatic N) is 2. The van der Waals surface area contributed by atoms with E-state index in [9.17, 15) is 22.0 Å². The van der Waals surface area contributed by atoms with Crippen molar-refractivity contribution in [3.63, 3.8) is 0 Å². The van der Waals surface area contributed by atoms with Crippen molar-refractivity contribution in [1.82, 2.24) is 9.21 Å². The summed E-state index contributed by atoms with van der Waals surface area (Å²) in [7, 11) is -4.23. The molecule has 0 radical (unpaired) electrons. The van der Waals surface area contributed by atoms with Crippen LogP contribution < -0.4 is 0 Å². The molecule has 1 amide bonds. The standard InChI is InChI=1S/C16H20F2N2O3S/c17-13-4-3-5-14(18)15(13)24(22,23)20-10-6-12(7-11-20)16(21)19-8-1-2-9-19/h3-5,12H,1-2,6-11H2. The fourth-order valence-corrected chi connectivity index (χ4v) is 4.98.